The van der Waals surface area contributed by atoms with Crippen LogP contribution >= 0.6 is 11.3 Å². The maximum atomic E-state index is 12.9. The maximum absolute atomic E-state index is 12.9. The summed E-state index contributed by atoms with van der Waals surface area (Å²) >= 11 is 1.44. The van der Waals surface area contributed by atoms with Crippen LogP contribution in [0.25, 0.3) is 16.0 Å². The van der Waals surface area contributed by atoms with Crippen molar-refractivity contribution in [3.8, 4) is 0 Å². The second-order valence-electron chi connectivity index (χ2n) is 8.63. The van der Waals surface area contributed by atoms with Crippen LogP contribution in [0.1, 0.15) is 58.7 Å². The summed E-state index contributed by atoms with van der Waals surface area (Å²) in [5, 5.41) is 13.8. The lowest BCUT2D eigenvalue weighted by molar-refractivity contribution is -0.122. The van der Waals surface area contributed by atoms with Crippen LogP contribution in [-0.4, -0.2) is 31.1 Å². The van der Waals surface area contributed by atoms with Crippen LogP contribution in [0.15, 0.2) is 16.2 Å². The zero-order valence-electron chi connectivity index (χ0n) is 17.4. The number of carbonyl (C=O) groups is 1. The summed E-state index contributed by atoms with van der Waals surface area (Å²) in [6.45, 7) is 6.97. The number of hydrogen-bond acceptors (Lipinski definition) is 5. The van der Waals surface area contributed by atoms with Crippen molar-refractivity contribution in [2.45, 2.75) is 71.9 Å². The SMILES string of the molecule is CC(C)Cn1c(=O)c2sccc2n2c(CCC(=O)N[C@@H]3CCCC[C@H]3C)nnc12. The number of hydrogen-bond donors (Lipinski definition) is 1. The molecule has 0 unspecified atom stereocenters. The van der Waals surface area contributed by atoms with E-state index in [1.807, 2.05) is 15.8 Å². The van der Waals surface area contributed by atoms with E-state index in [4.69, 9.17) is 0 Å². The Morgan fingerprint density at radius 2 is 2.10 bits per heavy atom. The molecule has 0 aliphatic heterocycles. The molecular weight excluding hydrogens is 386 g/mol. The first-order valence-electron chi connectivity index (χ1n) is 10.6. The lowest BCUT2D eigenvalue weighted by Crippen LogP contribution is -2.41. The van der Waals surface area contributed by atoms with Crippen molar-refractivity contribution in [3.63, 3.8) is 0 Å². The summed E-state index contributed by atoms with van der Waals surface area (Å²) in [6, 6.07) is 2.22. The summed E-state index contributed by atoms with van der Waals surface area (Å²) in [7, 11) is 0. The molecule has 0 bridgehead atoms. The molecule has 3 heterocycles. The van der Waals surface area contributed by atoms with Crippen molar-refractivity contribution < 1.29 is 4.79 Å². The molecular formula is C21H29N5O2S. The van der Waals surface area contributed by atoms with Gasteiger partial charge in [0.05, 0.1) is 5.52 Å². The normalized spacial score (nSPS) is 20.0. The molecule has 2 atom stereocenters. The lowest BCUT2D eigenvalue weighted by atomic mass is 9.86. The topological polar surface area (TPSA) is 81.3 Å². The van der Waals surface area contributed by atoms with E-state index >= 15 is 0 Å². The molecule has 4 rings (SSSR count). The molecule has 1 amide bonds. The summed E-state index contributed by atoms with van der Waals surface area (Å²) in [4.78, 5) is 25.4. The Morgan fingerprint density at radius 3 is 2.86 bits per heavy atom. The van der Waals surface area contributed by atoms with Gasteiger partial charge >= 0.3 is 0 Å². The van der Waals surface area contributed by atoms with Crippen LogP contribution in [0.2, 0.25) is 0 Å². The van der Waals surface area contributed by atoms with E-state index in [9.17, 15) is 9.59 Å². The lowest BCUT2D eigenvalue weighted by Gasteiger charge is -2.29. The number of fused-ring (bicyclic) bond motifs is 3. The summed E-state index contributed by atoms with van der Waals surface area (Å²) in [5.41, 5.74) is 0.815. The number of carbonyl (C=O) groups excluding carboxylic acids is 1. The van der Waals surface area contributed by atoms with Crippen LogP contribution in [0.4, 0.5) is 0 Å². The van der Waals surface area contributed by atoms with Crippen LogP contribution in [-0.2, 0) is 17.8 Å². The second kappa shape index (κ2) is 8.26. The van der Waals surface area contributed by atoms with Gasteiger partial charge in [-0.15, -0.1) is 21.5 Å². The molecule has 3 aromatic rings. The first-order valence-corrected chi connectivity index (χ1v) is 11.5. The van der Waals surface area contributed by atoms with Crippen LogP contribution in [0.5, 0.6) is 0 Å². The van der Waals surface area contributed by atoms with E-state index in [-0.39, 0.29) is 17.5 Å². The Labute approximate surface area is 174 Å². The van der Waals surface area contributed by atoms with Gasteiger partial charge in [-0.1, -0.05) is 33.6 Å². The number of amides is 1. The molecule has 7 nitrogen and oxygen atoms in total. The minimum atomic E-state index is -0.0146. The number of nitrogens with one attached hydrogen (secondary N) is 1. The van der Waals surface area contributed by atoms with Gasteiger partial charge in [0.15, 0.2) is 0 Å². The predicted octanol–water partition coefficient (Wildman–Crippen LogP) is 3.39. The predicted molar refractivity (Wildman–Crippen MR) is 115 cm³/mol. The van der Waals surface area contributed by atoms with Gasteiger partial charge in [-0.2, -0.15) is 0 Å². The molecule has 1 fully saturated rings. The Morgan fingerprint density at radius 1 is 1.31 bits per heavy atom. The zero-order valence-corrected chi connectivity index (χ0v) is 18.2. The van der Waals surface area contributed by atoms with E-state index in [1.54, 1.807) is 4.57 Å². The highest BCUT2D eigenvalue weighted by atomic mass is 32.1. The molecule has 3 aromatic heterocycles. The molecule has 1 aliphatic carbocycles. The fourth-order valence-corrected chi connectivity index (χ4v) is 5.13. The molecule has 156 valence electrons. The third-order valence-corrected chi connectivity index (χ3v) is 6.75. The smallest absolute Gasteiger partial charge is 0.272 e. The van der Waals surface area contributed by atoms with E-state index in [2.05, 4.69) is 36.3 Å². The molecule has 8 heteroatoms. The Hall–Kier alpha value is -2.22. The van der Waals surface area contributed by atoms with Gasteiger partial charge in [-0.3, -0.25) is 18.6 Å². The number of nitrogens with zero attached hydrogens (tertiary/aromatic N) is 4. The fraction of sp³-hybridized carbons (Fsp3) is 0.619. The minimum Gasteiger partial charge on any atom is -0.353 e. The third-order valence-electron chi connectivity index (χ3n) is 5.86. The van der Waals surface area contributed by atoms with Gasteiger partial charge in [0.2, 0.25) is 11.7 Å². The molecule has 0 saturated heterocycles. The first kappa shape index (κ1) is 20.1. The Balaban J connectivity index is 1.59. The fourth-order valence-electron chi connectivity index (χ4n) is 4.31. The number of aryl methyl sites for hydroxylation is 1. The van der Waals surface area contributed by atoms with Crippen molar-refractivity contribution in [1.29, 1.82) is 0 Å². The molecule has 1 aliphatic rings. The van der Waals surface area contributed by atoms with Crippen molar-refractivity contribution in [3.05, 3.63) is 27.6 Å². The van der Waals surface area contributed by atoms with E-state index in [1.165, 1.54) is 30.6 Å². The second-order valence-corrected chi connectivity index (χ2v) is 9.55. The molecule has 0 radical (unpaired) electrons. The maximum Gasteiger partial charge on any atom is 0.272 e. The van der Waals surface area contributed by atoms with Crippen molar-refractivity contribution in [2.75, 3.05) is 0 Å². The molecule has 29 heavy (non-hydrogen) atoms. The van der Waals surface area contributed by atoms with Crippen molar-refractivity contribution >= 4 is 33.2 Å². The standard InChI is InChI=1S/C21H29N5O2S/c1-13(2)12-25-20(28)19-16(10-11-29-19)26-17(23-24-21(25)26)8-9-18(27)22-15-7-5-4-6-14(15)3/h10-11,13-15H,4-9,12H2,1-3H3,(H,22,27)/t14-,15-/m1/s1. The highest BCUT2D eigenvalue weighted by Crippen LogP contribution is 2.24. The van der Waals surface area contributed by atoms with Gasteiger partial charge in [0, 0.05) is 25.4 Å². The number of aromatic nitrogens is 4. The number of thiophene rings is 1. The largest absolute Gasteiger partial charge is 0.353 e. The summed E-state index contributed by atoms with van der Waals surface area (Å²) in [6.07, 6.45) is 5.57. The van der Waals surface area contributed by atoms with Gasteiger partial charge in [-0.25, -0.2) is 0 Å². The van der Waals surface area contributed by atoms with Gasteiger partial charge in [0.25, 0.3) is 5.56 Å². The number of rotatable bonds is 6. The van der Waals surface area contributed by atoms with Crippen molar-refractivity contribution in [2.24, 2.45) is 11.8 Å². The van der Waals surface area contributed by atoms with E-state index in [0.717, 1.165) is 17.8 Å². The van der Waals surface area contributed by atoms with E-state index < -0.39 is 0 Å². The molecule has 0 spiro atoms. The quantitative estimate of drug-likeness (QED) is 0.669. The van der Waals surface area contributed by atoms with Crippen LogP contribution < -0.4 is 10.9 Å². The molecule has 0 aromatic carbocycles. The summed E-state index contributed by atoms with van der Waals surface area (Å²) < 4.78 is 4.37. The average molecular weight is 416 g/mol. The monoisotopic (exact) mass is 415 g/mol. The highest BCUT2D eigenvalue weighted by molar-refractivity contribution is 7.17. The van der Waals surface area contributed by atoms with Crippen LogP contribution in [0.3, 0.4) is 0 Å². The summed E-state index contributed by atoms with van der Waals surface area (Å²) in [5.74, 6) is 2.21. The van der Waals surface area contributed by atoms with Crippen molar-refractivity contribution in [1.82, 2.24) is 24.5 Å². The minimum absolute atomic E-state index is 0.0146. The molecule has 1 saturated carbocycles. The average Bonchev–Trinajstić information content (AvgIpc) is 3.32. The Kier molecular flexibility index (Phi) is 5.72. The van der Waals surface area contributed by atoms with Crippen LogP contribution in [0, 0.1) is 11.8 Å². The third kappa shape index (κ3) is 3.95. The van der Waals surface area contributed by atoms with E-state index in [0.29, 0.717) is 41.7 Å². The van der Waals surface area contributed by atoms with Gasteiger partial charge < -0.3 is 5.32 Å². The molecule has 1 N–H and O–H groups in total. The Bertz CT molecular complexity index is 1080. The van der Waals surface area contributed by atoms with Gasteiger partial charge in [0.1, 0.15) is 10.5 Å². The highest BCUT2D eigenvalue weighted by Gasteiger charge is 2.23. The van der Waals surface area contributed by atoms with Gasteiger partial charge in [-0.05, 0) is 36.1 Å². The first-order chi connectivity index (χ1) is 14.0. The zero-order chi connectivity index (χ0) is 20.5.